The summed E-state index contributed by atoms with van der Waals surface area (Å²) in [6, 6.07) is 62.0. The first-order valence-corrected chi connectivity index (χ1v) is 16.4. The molecule has 1 aliphatic rings. The fraction of sp³-hybridized carbons (Fsp3) is 0.0870. The summed E-state index contributed by atoms with van der Waals surface area (Å²) in [4.78, 5) is 2.40. The molecular formula is C46H37N. The van der Waals surface area contributed by atoms with Gasteiger partial charge in [-0.15, -0.1) is 0 Å². The monoisotopic (exact) mass is 603 g/mol. The van der Waals surface area contributed by atoms with E-state index in [0.717, 1.165) is 17.1 Å². The largest absolute Gasteiger partial charge is 0.310 e. The first-order chi connectivity index (χ1) is 23.0. The highest BCUT2D eigenvalue weighted by atomic mass is 15.1. The van der Waals surface area contributed by atoms with Crippen LogP contribution in [0.15, 0.2) is 170 Å². The fourth-order valence-electron chi connectivity index (χ4n) is 7.13. The van der Waals surface area contributed by atoms with E-state index in [1.807, 2.05) is 0 Å². The number of hydrogen-bond donors (Lipinski definition) is 0. The zero-order valence-electron chi connectivity index (χ0n) is 27.1. The predicted octanol–water partition coefficient (Wildman–Crippen LogP) is 12.8. The van der Waals surface area contributed by atoms with Gasteiger partial charge in [0.2, 0.25) is 0 Å². The van der Waals surface area contributed by atoms with E-state index in [1.54, 1.807) is 0 Å². The molecule has 0 fully saturated rings. The van der Waals surface area contributed by atoms with Crippen LogP contribution in [0.5, 0.6) is 0 Å². The van der Waals surface area contributed by atoms with Gasteiger partial charge in [-0.25, -0.2) is 0 Å². The maximum Gasteiger partial charge on any atom is 0.0467 e. The van der Waals surface area contributed by atoms with Crippen LogP contribution in [0.25, 0.3) is 44.5 Å². The summed E-state index contributed by atoms with van der Waals surface area (Å²) >= 11 is 0. The van der Waals surface area contributed by atoms with Crippen LogP contribution < -0.4 is 4.90 Å². The maximum atomic E-state index is 2.42. The van der Waals surface area contributed by atoms with Crippen molar-refractivity contribution in [3.63, 3.8) is 0 Å². The topological polar surface area (TPSA) is 3.24 Å². The molecule has 0 heterocycles. The molecule has 1 nitrogen and oxygen atoms in total. The summed E-state index contributed by atoms with van der Waals surface area (Å²) in [7, 11) is 0. The van der Waals surface area contributed by atoms with E-state index in [0.29, 0.717) is 0 Å². The van der Waals surface area contributed by atoms with E-state index in [2.05, 4.69) is 196 Å². The number of nitrogens with zero attached hydrogens (tertiary/aromatic N) is 1. The van der Waals surface area contributed by atoms with Crippen molar-refractivity contribution in [1.82, 2.24) is 0 Å². The Morgan fingerprint density at radius 2 is 0.809 bits per heavy atom. The Morgan fingerprint density at radius 3 is 1.49 bits per heavy atom. The molecule has 0 saturated heterocycles. The van der Waals surface area contributed by atoms with Crippen molar-refractivity contribution in [2.24, 2.45) is 0 Å². The molecule has 226 valence electrons. The number of anilines is 3. The van der Waals surface area contributed by atoms with Gasteiger partial charge in [0, 0.05) is 22.5 Å². The van der Waals surface area contributed by atoms with Crippen LogP contribution in [0.3, 0.4) is 0 Å². The molecule has 0 N–H and O–H groups in total. The standard InChI is InChI=1S/C46H37N/c1-32-17-19-36(20-18-32)38-23-27-42-43-28-26-41(31-45(43)46(2,3)44(42)30-38)47(39-24-21-35(22-25-39)33-11-6-4-7-12-33)40-16-10-15-37(29-40)34-13-8-5-9-14-34/h4-31H,1-3H3. The van der Waals surface area contributed by atoms with Gasteiger partial charge in [-0.05, 0) is 105 Å². The number of hydrogen-bond acceptors (Lipinski definition) is 1. The molecule has 0 saturated carbocycles. The van der Waals surface area contributed by atoms with Crippen LogP contribution in [0.1, 0.15) is 30.5 Å². The SMILES string of the molecule is Cc1ccc(-c2ccc3c(c2)C(C)(C)c2cc(N(c4ccc(-c5ccccc5)cc4)c4cccc(-c5ccccc5)c4)ccc2-3)cc1. The molecule has 8 rings (SSSR count). The molecule has 0 aromatic heterocycles. The number of rotatable bonds is 6. The Bertz CT molecular complexity index is 2190. The summed E-state index contributed by atoms with van der Waals surface area (Å²) in [5.41, 5.74) is 17.3. The molecule has 7 aromatic carbocycles. The molecule has 0 radical (unpaired) electrons. The van der Waals surface area contributed by atoms with Gasteiger partial charge in [0.15, 0.2) is 0 Å². The lowest BCUT2D eigenvalue weighted by Crippen LogP contribution is -2.16. The Kier molecular flexibility index (Phi) is 7.11. The van der Waals surface area contributed by atoms with E-state index in [-0.39, 0.29) is 5.41 Å². The van der Waals surface area contributed by atoms with Crippen molar-refractivity contribution < 1.29 is 0 Å². The van der Waals surface area contributed by atoms with Crippen molar-refractivity contribution in [2.45, 2.75) is 26.2 Å². The first kappa shape index (κ1) is 28.8. The smallest absolute Gasteiger partial charge is 0.0467 e. The third-order valence-electron chi connectivity index (χ3n) is 9.75. The fourth-order valence-corrected chi connectivity index (χ4v) is 7.13. The van der Waals surface area contributed by atoms with Crippen LogP contribution in [0, 0.1) is 6.92 Å². The predicted molar refractivity (Wildman–Crippen MR) is 200 cm³/mol. The van der Waals surface area contributed by atoms with E-state index >= 15 is 0 Å². The molecule has 0 spiro atoms. The second-order valence-corrected chi connectivity index (χ2v) is 13.1. The molecular weight excluding hydrogens is 567 g/mol. The Morgan fingerprint density at radius 1 is 0.362 bits per heavy atom. The van der Waals surface area contributed by atoms with Crippen molar-refractivity contribution in [2.75, 3.05) is 4.90 Å². The first-order valence-electron chi connectivity index (χ1n) is 16.4. The van der Waals surface area contributed by atoms with Crippen molar-refractivity contribution >= 4 is 17.1 Å². The van der Waals surface area contributed by atoms with Gasteiger partial charge >= 0.3 is 0 Å². The molecule has 1 aliphatic carbocycles. The number of benzene rings is 7. The summed E-state index contributed by atoms with van der Waals surface area (Å²) < 4.78 is 0. The lowest BCUT2D eigenvalue weighted by Gasteiger charge is -2.28. The van der Waals surface area contributed by atoms with Crippen molar-refractivity contribution in [1.29, 1.82) is 0 Å². The minimum absolute atomic E-state index is 0.143. The summed E-state index contributed by atoms with van der Waals surface area (Å²) in [5, 5.41) is 0. The molecule has 0 bridgehead atoms. The van der Waals surface area contributed by atoms with Crippen LogP contribution in [0.2, 0.25) is 0 Å². The Balaban J connectivity index is 1.24. The Hall–Kier alpha value is -5.66. The second-order valence-electron chi connectivity index (χ2n) is 13.1. The summed E-state index contributed by atoms with van der Waals surface area (Å²) in [6.07, 6.45) is 0. The van der Waals surface area contributed by atoms with Crippen LogP contribution >= 0.6 is 0 Å². The molecule has 0 amide bonds. The highest BCUT2D eigenvalue weighted by molar-refractivity contribution is 5.88. The molecule has 0 unspecified atom stereocenters. The van der Waals surface area contributed by atoms with Crippen LogP contribution in [0.4, 0.5) is 17.1 Å². The number of fused-ring (bicyclic) bond motifs is 3. The maximum absolute atomic E-state index is 2.42. The molecule has 0 aliphatic heterocycles. The zero-order chi connectivity index (χ0) is 32.0. The van der Waals surface area contributed by atoms with Crippen LogP contribution in [-0.4, -0.2) is 0 Å². The van der Waals surface area contributed by atoms with Crippen LogP contribution in [-0.2, 0) is 5.41 Å². The highest BCUT2D eigenvalue weighted by Crippen LogP contribution is 2.51. The minimum Gasteiger partial charge on any atom is -0.310 e. The third kappa shape index (κ3) is 5.24. The van der Waals surface area contributed by atoms with Gasteiger partial charge in [0.1, 0.15) is 0 Å². The summed E-state index contributed by atoms with van der Waals surface area (Å²) in [5.74, 6) is 0. The van der Waals surface area contributed by atoms with E-state index in [1.165, 1.54) is 61.2 Å². The van der Waals surface area contributed by atoms with Crippen molar-refractivity contribution in [3.05, 3.63) is 187 Å². The van der Waals surface area contributed by atoms with Gasteiger partial charge in [0.25, 0.3) is 0 Å². The van der Waals surface area contributed by atoms with E-state index in [4.69, 9.17) is 0 Å². The third-order valence-corrected chi connectivity index (χ3v) is 9.75. The quantitative estimate of drug-likeness (QED) is 0.183. The summed E-state index contributed by atoms with van der Waals surface area (Å²) in [6.45, 7) is 6.88. The normalized spacial score (nSPS) is 12.7. The Labute approximate surface area is 278 Å². The van der Waals surface area contributed by atoms with E-state index < -0.39 is 0 Å². The van der Waals surface area contributed by atoms with E-state index in [9.17, 15) is 0 Å². The van der Waals surface area contributed by atoms with Crippen molar-refractivity contribution in [3.8, 4) is 44.5 Å². The van der Waals surface area contributed by atoms with Gasteiger partial charge < -0.3 is 4.90 Å². The zero-order valence-corrected chi connectivity index (χ0v) is 27.1. The number of aryl methyl sites for hydroxylation is 1. The molecule has 47 heavy (non-hydrogen) atoms. The average molecular weight is 604 g/mol. The average Bonchev–Trinajstić information content (AvgIpc) is 3.35. The van der Waals surface area contributed by atoms with Gasteiger partial charge in [-0.2, -0.15) is 0 Å². The minimum atomic E-state index is -0.143. The van der Waals surface area contributed by atoms with Gasteiger partial charge in [0.05, 0.1) is 0 Å². The molecule has 0 atom stereocenters. The second kappa shape index (κ2) is 11.6. The van der Waals surface area contributed by atoms with Gasteiger partial charge in [-0.1, -0.05) is 147 Å². The lowest BCUT2D eigenvalue weighted by molar-refractivity contribution is 0.660. The lowest BCUT2D eigenvalue weighted by atomic mass is 9.81. The van der Waals surface area contributed by atoms with Gasteiger partial charge in [-0.3, -0.25) is 0 Å². The molecule has 7 aromatic rings. The highest BCUT2D eigenvalue weighted by Gasteiger charge is 2.36. The molecule has 1 heteroatoms.